The number of carbonyl (C=O) groups is 1. The van der Waals surface area contributed by atoms with Crippen molar-refractivity contribution in [2.45, 2.75) is 32.9 Å². The first-order valence-corrected chi connectivity index (χ1v) is 10.8. The second-order valence-electron chi connectivity index (χ2n) is 6.48. The van der Waals surface area contributed by atoms with Gasteiger partial charge in [-0.1, -0.05) is 17.7 Å². The number of ether oxygens (including phenoxy) is 1. The number of carbonyl (C=O) groups excluding carboxylic acids is 1. The lowest BCUT2D eigenvalue weighted by atomic mass is 10.2. The number of amides is 1. The Morgan fingerprint density at radius 1 is 1.50 bits per heavy atom. The van der Waals surface area contributed by atoms with Crippen LogP contribution in [-0.4, -0.2) is 16.7 Å². The zero-order valence-electron chi connectivity index (χ0n) is 14.2. The summed E-state index contributed by atoms with van der Waals surface area (Å²) in [4.78, 5) is 19.8. The smallest absolute Gasteiger partial charge is 0.415 e. The molecule has 0 aromatic carbocycles. The summed E-state index contributed by atoms with van der Waals surface area (Å²) in [6.07, 6.45) is -0.475. The molecule has 0 spiro atoms. The zero-order chi connectivity index (χ0) is 19.1. The van der Waals surface area contributed by atoms with Gasteiger partial charge in [0, 0.05) is 33.5 Å². The van der Waals surface area contributed by atoms with E-state index in [1.165, 1.54) is 4.90 Å². The second-order valence-corrected chi connectivity index (χ2v) is 9.67. The van der Waals surface area contributed by atoms with E-state index in [1.807, 2.05) is 38.3 Å². The maximum absolute atomic E-state index is 12.9. The molecule has 0 aliphatic heterocycles. The standard InChI is InChI=1S/C17H15BrClIN2O3S/c1-17(2,3)25-16(23)22(8-9-5-4-6-26-9)10-7-11(19)21-13-12(18)15(20)24-14(10)13/h4-7H,8H2,1-3H3. The summed E-state index contributed by atoms with van der Waals surface area (Å²) >= 11 is 13.3. The monoisotopic (exact) mass is 568 g/mol. The van der Waals surface area contributed by atoms with E-state index in [1.54, 1.807) is 17.4 Å². The lowest BCUT2D eigenvalue weighted by Gasteiger charge is -2.27. The highest BCUT2D eigenvalue weighted by Crippen LogP contribution is 2.38. The topological polar surface area (TPSA) is 55.6 Å². The van der Waals surface area contributed by atoms with E-state index in [4.69, 9.17) is 20.8 Å². The van der Waals surface area contributed by atoms with Gasteiger partial charge in [-0.15, -0.1) is 11.3 Å². The number of rotatable bonds is 3. The molecule has 138 valence electrons. The van der Waals surface area contributed by atoms with Crippen molar-refractivity contribution < 1.29 is 13.9 Å². The van der Waals surface area contributed by atoms with E-state index < -0.39 is 11.7 Å². The Hall–Kier alpha value is -0.840. The lowest BCUT2D eigenvalue weighted by molar-refractivity contribution is 0.0578. The highest BCUT2D eigenvalue weighted by molar-refractivity contribution is 14.1. The fourth-order valence-corrected chi connectivity index (χ4v) is 4.00. The lowest BCUT2D eigenvalue weighted by Crippen LogP contribution is -2.36. The minimum Gasteiger partial charge on any atom is -0.445 e. The molecule has 3 heterocycles. The minimum absolute atomic E-state index is 0.269. The Balaban J connectivity index is 2.13. The summed E-state index contributed by atoms with van der Waals surface area (Å²) in [5.74, 6) is 0. The number of hydrogen-bond donors (Lipinski definition) is 0. The molecule has 3 aromatic rings. The third-order valence-corrected chi connectivity index (χ3v) is 6.58. The number of nitrogens with zero attached hydrogens (tertiary/aromatic N) is 2. The SMILES string of the molecule is CC(C)(C)OC(=O)N(Cc1cccs1)c1cc(Cl)nc2c(Br)c(I)oc12. The molecule has 0 saturated heterocycles. The molecule has 0 saturated carbocycles. The molecule has 0 aliphatic rings. The van der Waals surface area contributed by atoms with Gasteiger partial charge in [-0.2, -0.15) is 0 Å². The van der Waals surface area contributed by atoms with Crippen molar-refractivity contribution >= 4 is 84.3 Å². The van der Waals surface area contributed by atoms with Gasteiger partial charge < -0.3 is 9.15 Å². The number of furan rings is 1. The van der Waals surface area contributed by atoms with Crippen LogP contribution in [0.25, 0.3) is 11.1 Å². The number of hydrogen-bond acceptors (Lipinski definition) is 5. The van der Waals surface area contributed by atoms with Crippen molar-refractivity contribution in [3.63, 3.8) is 0 Å². The molecule has 0 unspecified atom stereocenters. The average molecular weight is 570 g/mol. The van der Waals surface area contributed by atoms with Gasteiger partial charge in [-0.3, -0.25) is 4.90 Å². The quantitative estimate of drug-likeness (QED) is 0.256. The largest absolute Gasteiger partial charge is 0.445 e. The first-order valence-electron chi connectivity index (χ1n) is 7.62. The first kappa shape index (κ1) is 19.9. The number of fused-ring (bicyclic) bond motifs is 1. The van der Waals surface area contributed by atoms with Crippen LogP contribution < -0.4 is 4.90 Å². The third kappa shape index (κ3) is 4.35. The molecule has 0 N–H and O–H groups in total. The average Bonchev–Trinajstić information content (AvgIpc) is 3.13. The Labute approximate surface area is 181 Å². The minimum atomic E-state index is -0.626. The van der Waals surface area contributed by atoms with Gasteiger partial charge >= 0.3 is 6.09 Å². The van der Waals surface area contributed by atoms with Gasteiger partial charge in [0.1, 0.15) is 16.3 Å². The van der Waals surface area contributed by atoms with Crippen LogP contribution in [0.1, 0.15) is 25.6 Å². The highest BCUT2D eigenvalue weighted by atomic mass is 127. The van der Waals surface area contributed by atoms with Crippen LogP contribution in [0.3, 0.4) is 0 Å². The molecule has 9 heteroatoms. The van der Waals surface area contributed by atoms with E-state index in [9.17, 15) is 4.79 Å². The van der Waals surface area contributed by atoms with Crippen molar-refractivity contribution in [1.82, 2.24) is 4.98 Å². The summed E-state index contributed by atoms with van der Waals surface area (Å²) in [6.45, 7) is 5.83. The zero-order valence-corrected chi connectivity index (χ0v) is 19.5. The van der Waals surface area contributed by atoms with Crippen LogP contribution in [0.15, 0.2) is 32.5 Å². The molecular formula is C17H15BrClIN2O3S. The summed E-state index contributed by atoms with van der Waals surface area (Å²) < 4.78 is 12.8. The van der Waals surface area contributed by atoms with Crippen LogP contribution >= 0.6 is 61.5 Å². The van der Waals surface area contributed by atoms with E-state index in [0.717, 1.165) is 4.88 Å². The predicted octanol–water partition coefficient (Wildman–Crippen LogP) is 6.85. The van der Waals surface area contributed by atoms with Crippen LogP contribution in [0.4, 0.5) is 10.5 Å². The number of anilines is 1. The Bertz CT molecular complexity index is 953. The van der Waals surface area contributed by atoms with Crippen molar-refractivity contribution in [2.75, 3.05) is 4.90 Å². The molecular weight excluding hydrogens is 555 g/mol. The van der Waals surface area contributed by atoms with Crippen LogP contribution in [0.5, 0.6) is 0 Å². The van der Waals surface area contributed by atoms with Gasteiger partial charge in [-0.25, -0.2) is 9.78 Å². The Kier molecular flexibility index (Phi) is 5.86. The van der Waals surface area contributed by atoms with Gasteiger partial charge in [0.05, 0.1) is 16.7 Å². The van der Waals surface area contributed by atoms with Gasteiger partial charge in [0.2, 0.25) is 0 Å². The maximum Gasteiger partial charge on any atom is 0.415 e. The van der Waals surface area contributed by atoms with E-state index in [2.05, 4.69) is 43.5 Å². The predicted molar refractivity (Wildman–Crippen MR) is 116 cm³/mol. The number of pyridine rings is 1. The Morgan fingerprint density at radius 3 is 2.85 bits per heavy atom. The van der Waals surface area contributed by atoms with Crippen molar-refractivity contribution in [1.29, 1.82) is 0 Å². The molecule has 0 bridgehead atoms. The van der Waals surface area contributed by atoms with Crippen molar-refractivity contribution in [3.05, 3.63) is 41.8 Å². The fraction of sp³-hybridized carbons (Fsp3) is 0.294. The van der Waals surface area contributed by atoms with Crippen molar-refractivity contribution in [3.8, 4) is 0 Å². The van der Waals surface area contributed by atoms with E-state index in [0.29, 0.717) is 31.6 Å². The molecule has 1 amide bonds. The molecule has 3 rings (SSSR count). The number of thiophene rings is 1. The van der Waals surface area contributed by atoms with E-state index in [-0.39, 0.29) is 5.15 Å². The normalized spacial score (nSPS) is 11.8. The first-order chi connectivity index (χ1) is 12.2. The van der Waals surface area contributed by atoms with Crippen molar-refractivity contribution in [2.24, 2.45) is 0 Å². The summed E-state index contributed by atoms with van der Waals surface area (Å²) in [5.41, 5.74) is 0.940. The highest BCUT2D eigenvalue weighted by Gasteiger charge is 2.28. The molecule has 26 heavy (non-hydrogen) atoms. The van der Waals surface area contributed by atoms with Gasteiger partial charge in [0.15, 0.2) is 9.35 Å². The van der Waals surface area contributed by atoms with Gasteiger partial charge in [0.25, 0.3) is 0 Å². The van der Waals surface area contributed by atoms with Crippen LogP contribution in [0.2, 0.25) is 5.15 Å². The molecule has 0 radical (unpaired) electrons. The maximum atomic E-state index is 12.9. The van der Waals surface area contributed by atoms with Gasteiger partial charge in [-0.05, 0) is 48.1 Å². The molecule has 5 nitrogen and oxygen atoms in total. The summed E-state index contributed by atoms with van der Waals surface area (Å²) in [7, 11) is 0. The third-order valence-electron chi connectivity index (χ3n) is 3.29. The molecule has 0 fully saturated rings. The summed E-state index contributed by atoms with van der Waals surface area (Å²) in [6, 6.07) is 5.52. The number of aromatic nitrogens is 1. The Morgan fingerprint density at radius 2 is 2.23 bits per heavy atom. The molecule has 0 atom stereocenters. The molecule has 0 aliphatic carbocycles. The van der Waals surface area contributed by atoms with Crippen LogP contribution in [-0.2, 0) is 11.3 Å². The van der Waals surface area contributed by atoms with E-state index >= 15 is 0 Å². The number of halogens is 3. The summed E-state index contributed by atoms with van der Waals surface area (Å²) in [5, 5.41) is 2.23. The molecule has 3 aromatic heterocycles. The second kappa shape index (κ2) is 7.65. The van der Waals surface area contributed by atoms with Crippen LogP contribution in [0, 0.1) is 3.77 Å². The fourth-order valence-electron chi connectivity index (χ4n) is 2.29.